The van der Waals surface area contributed by atoms with Gasteiger partial charge in [0.1, 0.15) is 12.3 Å². The highest BCUT2D eigenvalue weighted by atomic mass is 19.4. The summed E-state index contributed by atoms with van der Waals surface area (Å²) in [6.45, 7) is -1.59. The second kappa shape index (κ2) is 4.89. The fraction of sp³-hybridized carbons (Fsp3) is 0.333. The molecule has 17 heavy (non-hydrogen) atoms. The molecule has 1 aromatic rings. The molecule has 8 heteroatoms. The Balaban J connectivity index is 2.80. The normalized spacial score (nSPS) is 11.2. The average Bonchev–Trinajstić information content (AvgIpc) is 2.66. The highest BCUT2D eigenvalue weighted by Gasteiger charge is 2.43. The van der Waals surface area contributed by atoms with Gasteiger partial charge in [-0.3, -0.25) is 9.59 Å². The van der Waals surface area contributed by atoms with Gasteiger partial charge in [-0.2, -0.15) is 13.2 Å². The standard InChI is InChI=1S/C9H8F3NO4/c10-9(11,12)8(16)13(5-7(14)15)4-6-2-1-3-17-6/h1-3H,4-5H2,(H,14,15). The lowest BCUT2D eigenvalue weighted by atomic mass is 10.3. The van der Waals surface area contributed by atoms with Crippen molar-refractivity contribution in [1.29, 1.82) is 0 Å². The summed E-state index contributed by atoms with van der Waals surface area (Å²) in [5, 5.41) is 8.44. The van der Waals surface area contributed by atoms with E-state index < -0.39 is 31.1 Å². The third-order valence-electron chi connectivity index (χ3n) is 1.78. The van der Waals surface area contributed by atoms with Crippen LogP contribution in [0.15, 0.2) is 22.8 Å². The van der Waals surface area contributed by atoms with Crippen molar-refractivity contribution < 1.29 is 32.3 Å². The number of rotatable bonds is 4. The van der Waals surface area contributed by atoms with E-state index in [1.165, 1.54) is 18.4 Å². The summed E-state index contributed by atoms with van der Waals surface area (Å²) in [6, 6.07) is 2.77. The summed E-state index contributed by atoms with van der Waals surface area (Å²) in [6.07, 6.45) is -3.89. The molecule has 0 bridgehead atoms. The van der Waals surface area contributed by atoms with Crippen molar-refractivity contribution >= 4 is 11.9 Å². The topological polar surface area (TPSA) is 70.8 Å². The van der Waals surface area contributed by atoms with Crippen LogP contribution in [0.1, 0.15) is 5.76 Å². The van der Waals surface area contributed by atoms with Crippen molar-refractivity contribution in [3.05, 3.63) is 24.2 Å². The van der Waals surface area contributed by atoms with Gasteiger partial charge < -0.3 is 14.4 Å². The van der Waals surface area contributed by atoms with Crippen LogP contribution in [0, 0.1) is 0 Å². The molecule has 0 unspecified atom stereocenters. The molecular formula is C9H8F3NO4. The summed E-state index contributed by atoms with van der Waals surface area (Å²) in [4.78, 5) is 21.5. The molecule has 0 radical (unpaired) electrons. The van der Waals surface area contributed by atoms with Crippen LogP contribution < -0.4 is 0 Å². The quantitative estimate of drug-likeness (QED) is 0.874. The maximum atomic E-state index is 12.2. The number of aliphatic carboxylic acids is 1. The van der Waals surface area contributed by atoms with Crippen molar-refractivity contribution in [2.24, 2.45) is 0 Å². The predicted molar refractivity (Wildman–Crippen MR) is 47.8 cm³/mol. The number of nitrogens with zero attached hydrogens (tertiary/aromatic N) is 1. The first kappa shape index (κ1) is 13.1. The maximum Gasteiger partial charge on any atom is 0.471 e. The van der Waals surface area contributed by atoms with Gasteiger partial charge in [-0.25, -0.2) is 0 Å². The van der Waals surface area contributed by atoms with Crippen LogP contribution in [-0.2, 0) is 16.1 Å². The van der Waals surface area contributed by atoms with Crippen LogP contribution in [0.25, 0.3) is 0 Å². The lowest BCUT2D eigenvalue weighted by Gasteiger charge is -2.20. The SMILES string of the molecule is O=C(O)CN(Cc1ccco1)C(=O)C(F)(F)F. The molecule has 0 aromatic carbocycles. The van der Waals surface area contributed by atoms with Crippen molar-refractivity contribution in [3.63, 3.8) is 0 Å². The largest absolute Gasteiger partial charge is 0.480 e. The van der Waals surface area contributed by atoms with Gasteiger partial charge in [0.2, 0.25) is 0 Å². The summed E-state index contributed by atoms with van der Waals surface area (Å²) in [5.41, 5.74) is 0. The molecule has 1 amide bonds. The second-order valence-electron chi connectivity index (χ2n) is 3.13. The first-order chi connectivity index (χ1) is 7.80. The number of carboxylic acid groups (broad SMARTS) is 1. The van der Waals surface area contributed by atoms with Crippen molar-refractivity contribution in [3.8, 4) is 0 Å². The number of furan rings is 1. The minimum Gasteiger partial charge on any atom is -0.480 e. The molecule has 0 aliphatic rings. The monoisotopic (exact) mass is 251 g/mol. The first-order valence-electron chi connectivity index (χ1n) is 4.41. The van der Waals surface area contributed by atoms with Crippen LogP contribution in [0.4, 0.5) is 13.2 Å². The Morgan fingerprint density at radius 3 is 2.47 bits per heavy atom. The third kappa shape index (κ3) is 3.82. The number of hydrogen-bond donors (Lipinski definition) is 1. The molecule has 0 aliphatic carbocycles. The molecule has 0 spiro atoms. The lowest BCUT2D eigenvalue weighted by molar-refractivity contribution is -0.187. The zero-order valence-corrected chi connectivity index (χ0v) is 8.40. The highest BCUT2D eigenvalue weighted by Crippen LogP contribution is 2.20. The van der Waals surface area contributed by atoms with E-state index in [1.807, 2.05) is 0 Å². The average molecular weight is 251 g/mol. The fourth-order valence-corrected chi connectivity index (χ4v) is 1.13. The fourth-order valence-electron chi connectivity index (χ4n) is 1.13. The Hall–Kier alpha value is -1.99. The Bertz CT molecular complexity index is 399. The van der Waals surface area contributed by atoms with Gasteiger partial charge in [0.25, 0.3) is 0 Å². The molecule has 0 saturated carbocycles. The molecule has 1 heterocycles. The van der Waals surface area contributed by atoms with E-state index in [-0.39, 0.29) is 10.7 Å². The number of carbonyl (C=O) groups excluding carboxylic acids is 1. The number of amides is 1. The highest BCUT2D eigenvalue weighted by molar-refractivity contribution is 5.85. The molecule has 94 valence electrons. The molecule has 1 rings (SSSR count). The smallest absolute Gasteiger partial charge is 0.471 e. The summed E-state index contributed by atoms with van der Waals surface area (Å²) >= 11 is 0. The Labute approximate surface area is 93.4 Å². The lowest BCUT2D eigenvalue weighted by Crippen LogP contribution is -2.43. The van der Waals surface area contributed by atoms with E-state index in [4.69, 9.17) is 9.52 Å². The van der Waals surface area contributed by atoms with E-state index in [0.29, 0.717) is 0 Å². The zero-order valence-electron chi connectivity index (χ0n) is 8.40. The summed E-state index contributed by atoms with van der Waals surface area (Å²) < 4.78 is 41.2. The number of alkyl halides is 3. The molecule has 0 fully saturated rings. The molecule has 0 saturated heterocycles. The van der Waals surface area contributed by atoms with Gasteiger partial charge in [-0.1, -0.05) is 0 Å². The van der Waals surface area contributed by atoms with Gasteiger partial charge in [0, 0.05) is 0 Å². The Morgan fingerprint density at radius 1 is 1.41 bits per heavy atom. The molecule has 0 atom stereocenters. The number of halogens is 3. The molecule has 1 aromatic heterocycles. The van der Waals surface area contributed by atoms with Crippen LogP contribution in [0.3, 0.4) is 0 Å². The molecule has 0 aliphatic heterocycles. The molecule has 1 N–H and O–H groups in total. The Morgan fingerprint density at radius 2 is 2.06 bits per heavy atom. The zero-order chi connectivity index (χ0) is 13.1. The van der Waals surface area contributed by atoms with Crippen LogP contribution in [0.2, 0.25) is 0 Å². The van der Waals surface area contributed by atoms with Gasteiger partial charge in [0.05, 0.1) is 12.8 Å². The van der Waals surface area contributed by atoms with Gasteiger partial charge >= 0.3 is 18.1 Å². The van der Waals surface area contributed by atoms with Crippen LogP contribution in [0.5, 0.6) is 0 Å². The van der Waals surface area contributed by atoms with E-state index >= 15 is 0 Å². The third-order valence-corrected chi connectivity index (χ3v) is 1.78. The summed E-state index contributed by atoms with van der Waals surface area (Å²) in [5.74, 6) is -3.67. The summed E-state index contributed by atoms with van der Waals surface area (Å²) in [7, 11) is 0. The van der Waals surface area contributed by atoms with Gasteiger partial charge in [0.15, 0.2) is 0 Å². The van der Waals surface area contributed by atoms with Crippen LogP contribution in [-0.4, -0.2) is 34.6 Å². The number of hydrogen-bond acceptors (Lipinski definition) is 3. The number of carbonyl (C=O) groups is 2. The van der Waals surface area contributed by atoms with E-state index in [1.54, 1.807) is 0 Å². The van der Waals surface area contributed by atoms with Crippen LogP contribution >= 0.6 is 0 Å². The van der Waals surface area contributed by atoms with Crippen molar-refractivity contribution in [2.75, 3.05) is 6.54 Å². The molecule has 5 nitrogen and oxygen atoms in total. The van der Waals surface area contributed by atoms with Crippen molar-refractivity contribution in [1.82, 2.24) is 4.90 Å². The van der Waals surface area contributed by atoms with Crippen molar-refractivity contribution in [2.45, 2.75) is 12.7 Å². The molecular weight excluding hydrogens is 243 g/mol. The maximum absolute atomic E-state index is 12.2. The predicted octanol–water partition coefficient (Wildman–Crippen LogP) is 1.26. The second-order valence-corrected chi connectivity index (χ2v) is 3.13. The van der Waals surface area contributed by atoms with E-state index in [9.17, 15) is 22.8 Å². The van der Waals surface area contributed by atoms with E-state index in [0.717, 1.165) is 0 Å². The van der Waals surface area contributed by atoms with Gasteiger partial charge in [-0.05, 0) is 12.1 Å². The number of carboxylic acids is 1. The minimum absolute atomic E-state index is 0.0730. The Kier molecular flexibility index (Phi) is 3.77. The van der Waals surface area contributed by atoms with E-state index in [2.05, 4.69) is 0 Å². The first-order valence-corrected chi connectivity index (χ1v) is 4.41. The van der Waals surface area contributed by atoms with Gasteiger partial charge in [-0.15, -0.1) is 0 Å². The minimum atomic E-state index is -5.11.